The number of fused-ring (bicyclic) bond motifs is 1. The van der Waals surface area contributed by atoms with Crippen molar-refractivity contribution in [2.75, 3.05) is 40.3 Å². The smallest absolute Gasteiger partial charge is 0.254 e. The summed E-state index contributed by atoms with van der Waals surface area (Å²) in [5.74, 6) is 1.61. The summed E-state index contributed by atoms with van der Waals surface area (Å²) in [6.07, 6.45) is 2.55. The highest BCUT2D eigenvalue weighted by atomic mass is 35.5. The van der Waals surface area contributed by atoms with Gasteiger partial charge in [0.15, 0.2) is 0 Å². The van der Waals surface area contributed by atoms with Crippen molar-refractivity contribution >= 4 is 17.5 Å². The van der Waals surface area contributed by atoms with E-state index < -0.39 is 0 Å². The fourth-order valence-electron chi connectivity index (χ4n) is 5.10. The average Bonchev–Trinajstić information content (AvgIpc) is 3.25. The lowest BCUT2D eigenvalue weighted by Crippen LogP contribution is -2.40. The zero-order valence-electron chi connectivity index (χ0n) is 15.7. The van der Waals surface area contributed by atoms with Crippen molar-refractivity contribution in [1.29, 1.82) is 0 Å². The topological polar surface area (TPSA) is 42.0 Å². The van der Waals surface area contributed by atoms with Gasteiger partial charge in [0.05, 0.1) is 29.9 Å². The number of halogens is 1. The van der Waals surface area contributed by atoms with Gasteiger partial charge in [0.1, 0.15) is 5.75 Å². The van der Waals surface area contributed by atoms with Crippen molar-refractivity contribution in [3.63, 3.8) is 0 Å². The summed E-state index contributed by atoms with van der Waals surface area (Å²) in [6.45, 7) is 4.96. The molecule has 26 heavy (non-hydrogen) atoms. The first-order valence-electron chi connectivity index (χ1n) is 9.47. The van der Waals surface area contributed by atoms with E-state index in [0.29, 0.717) is 47.4 Å². The highest BCUT2D eigenvalue weighted by molar-refractivity contribution is 6.32. The van der Waals surface area contributed by atoms with Crippen LogP contribution in [0.1, 0.15) is 30.1 Å². The van der Waals surface area contributed by atoms with E-state index in [1.165, 1.54) is 0 Å². The minimum Gasteiger partial charge on any atom is -0.492 e. The number of amides is 1. The lowest BCUT2D eigenvalue weighted by atomic mass is 9.73. The van der Waals surface area contributed by atoms with Crippen molar-refractivity contribution in [3.05, 3.63) is 28.8 Å². The maximum atomic E-state index is 13.1. The van der Waals surface area contributed by atoms with E-state index in [1.807, 2.05) is 11.8 Å². The highest BCUT2D eigenvalue weighted by Gasteiger charge is 2.63. The number of benzene rings is 1. The molecule has 1 aromatic rings. The maximum absolute atomic E-state index is 13.1. The molecule has 4 rings (SSSR count). The van der Waals surface area contributed by atoms with Crippen LogP contribution in [0.2, 0.25) is 5.02 Å². The molecule has 3 fully saturated rings. The Balaban J connectivity index is 1.52. The second-order valence-corrected chi connectivity index (χ2v) is 8.46. The van der Waals surface area contributed by atoms with Gasteiger partial charge in [0.25, 0.3) is 5.91 Å². The molecule has 3 heterocycles. The number of hydrogen-bond donors (Lipinski definition) is 0. The van der Waals surface area contributed by atoms with Gasteiger partial charge in [0, 0.05) is 30.5 Å². The number of nitrogens with zero attached hydrogens (tertiary/aromatic N) is 2. The highest BCUT2D eigenvalue weighted by Crippen LogP contribution is 2.55. The van der Waals surface area contributed by atoms with Gasteiger partial charge in [-0.25, -0.2) is 0 Å². The molecule has 1 amide bonds. The Labute approximate surface area is 160 Å². The van der Waals surface area contributed by atoms with Crippen LogP contribution in [0.5, 0.6) is 5.75 Å². The van der Waals surface area contributed by atoms with Gasteiger partial charge in [-0.05, 0) is 52.1 Å². The molecule has 0 radical (unpaired) electrons. The summed E-state index contributed by atoms with van der Waals surface area (Å²) in [5, 5.41) is 0.484. The number of likely N-dealkylation sites (tertiary alicyclic amines) is 1. The van der Waals surface area contributed by atoms with Gasteiger partial charge >= 0.3 is 0 Å². The lowest BCUT2D eigenvalue weighted by Gasteiger charge is -2.30. The van der Waals surface area contributed by atoms with E-state index in [2.05, 4.69) is 19.0 Å². The predicted octanol–water partition coefficient (Wildman–Crippen LogP) is 2.92. The normalized spacial score (nSPS) is 32.3. The maximum Gasteiger partial charge on any atom is 0.254 e. The van der Waals surface area contributed by atoms with Crippen molar-refractivity contribution in [2.45, 2.75) is 31.5 Å². The first-order valence-corrected chi connectivity index (χ1v) is 9.85. The van der Waals surface area contributed by atoms with Crippen LogP contribution in [0.4, 0.5) is 0 Å². The Hall–Kier alpha value is -1.30. The largest absolute Gasteiger partial charge is 0.492 e. The van der Waals surface area contributed by atoms with Crippen molar-refractivity contribution in [3.8, 4) is 5.75 Å². The summed E-state index contributed by atoms with van der Waals surface area (Å²) in [5.41, 5.74) is 0.490. The van der Waals surface area contributed by atoms with Crippen LogP contribution in [0.25, 0.3) is 0 Å². The third-order valence-corrected chi connectivity index (χ3v) is 6.42. The van der Waals surface area contributed by atoms with Crippen LogP contribution >= 0.6 is 11.6 Å². The Bertz CT molecular complexity index is 710. The molecule has 142 valence electrons. The van der Waals surface area contributed by atoms with E-state index in [0.717, 1.165) is 25.9 Å². The zero-order chi connectivity index (χ0) is 18.5. The Morgan fingerprint density at radius 2 is 2.27 bits per heavy atom. The van der Waals surface area contributed by atoms with Gasteiger partial charge in [-0.15, -0.1) is 0 Å². The molecule has 2 bridgehead atoms. The quantitative estimate of drug-likeness (QED) is 0.790. The molecule has 3 saturated heterocycles. The summed E-state index contributed by atoms with van der Waals surface area (Å²) < 4.78 is 11.9. The number of carbonyl (C=O) groups excluding carboxylic acids is 1. The Kier molecular flexibility index (Phi) is 4.66. The molecule has 4 atom stereocenters. The van der Waals surface area contributed by atoms with Gasteiger partial charge < -0.3 is 19.3 Å². The van der Waals surface area contributed by atoms with Crippen molar-refractivity contribution in [2.24, 2.45) is 11.8 Å². The van der Waals surface area contributed by atoms with Gasteiger partial charge in [-0.2, -0.15) is 0 Å². The third-order valence-electron chi connectivity index (χ3n) is 6.13. The molecule has 0 unspecified atom stereocenters. The van der Waals surface area contributed by atoms with Gasteiger partial charge in [-0.3, -0.25) is 4.79 Å². The predicted molar refractivity (Wildman–Crippen MR) is 101 cm³/mol. The standard InChI is InChI=1S/C20H27ClN2O3/c1-4-25-18-6-5-13(9-16(18)21)19(24)23-11-15-14(10-22(2)3)17-7-8-20(15,12-23)26-17/h5-6,9,14-15,17H,4,7-8,10-12H2,1-3H3/t14-,15+,17+,20+/m0/s1. The van der Waals surface area contributed by atoms with Crippen molar-refractivity contribution in [1.82, 2.24) is 9.80 Å². The van der Waals surface area contributed by atoms with Crippen LogP contribution in [-0.2, 0) is 4.74 Å². The molecule has 0 N–H and O–H groups in total. The summed E-state index contributed by atoms with van der Waals surface area (Å²) in [4.78, 5) is 17.3. The van der Waals surface area contributed by atoms with E-state index in [-0.39, 0.29) is 11.5 Å². The minimum atomic E-state index is -0.129. The Morgan fingerprint density at radius 3 is 2.96 bits per heavy atom. The number of ether oxygens (including phenoxy) is 2. The Morgan fingerprint density at radius 1 is 1.46 bits per heavy atom. The van der Waals surface area contributed by atoms with Crippen LogP contribution < -0.4 is 4.74 Å². The summed E-state index contributed by atoms with van der Waals surface area (Å²) in [6, 6.07) is 5.31. The molecule has 0 aliphatic carbocycles. The molecule has 6 heteroatoms. The van der Waals surface area contributed by atoms with E-state index >= 15 is 0 Å². The fourth-order valence-corrected chi connectivity index (χ4v) is 5.34. The molecule has 0 saturated carbocycles. The van der Waals surface area contributed by atoms with Gasteiger partial charge in [0.2, 0.25) is 0 Å². The van der Waals surface area contributed by atoms with E-state index in [4.69, 9.17) is 21.1 Å². The van der Waals surface area contributed by atoms with Crippen LogP contribution in [0.3, 0.4) is 0 Å². The minimum absolute atomic E-state index is 0.0365. The summed E-state index contributed by atoms with van der Waals surface area (Å²) in [7, 11) is 4.22. The van der Waals surface area contributed by atoms with Crippen LogP contribution in [0, 0.1) is 11.8 Å². The van der Waals surface area contributed by atoms with Crippen LogP contribution in [-0.4, -0.2) is 67.7 Å². The molecule has 3 aliphatic rings. The molecule has 5 nitrogen and oxygen atoms in total. The molecule has 1 aromatic carbocycles. The fraction of sp³-hybridized carbons (Fsp3) is 0.650. The first-order chi connectivity index (χ1) is 12.4. The summed E-state index contributed by atoms with van der Waals surface area (Å²) >= 11 is 6.27. The zero-order valence-corrected chi connectivity index (χ0v) is 16.5. The average molecular weight is 379 g/mol. The monoisotopic (exact) mass is 378 g/mol. The molecule has 3 aliphatic heterocycles. The lowest BCUT2D eigenvalue weighted by molar-refractivity contribution is 0.00256. The molecule has 1 spiro atoms. The first kappa shape index (κ1) is 18.1. The van der Waals surface area contributed by atoms with E-state index in [1.54, 1.807) is 18.2 Å². The molecular formula is C20H27ClN2O3. The van der Waals surface area contributed by atoms with E-state index in [9.17, 15) is 4.79 Å². The van der Waals surface area contributed by atoms with Gasteiger partial charge in [-0.1, -0.05) is 11.6 Å². The third kappa shape index (κ3) is 2.90. The second kappa shape index (κ2) is 6.70. The van der Waals surface area contributed by atoms with Crippen molar-refractivity contribution < 1.29 is 14.3 Å². The SMILES string of the molecule is CCOc1ccc(C(=O)N2C[C@@H]3[C@H](CN(C)C)[C@H]4CC[C@]3(C2)O4)cc1Cl. The number of rotatable bonds is 5. The second-order valence-electron chi connectivity index (χ2n) is 8.06. The number of hydrogen-bond acceptors (Lipinski definition) is 4. The van der Waals surface area contributed by atoms with Crippen LogP contribution in [0.15, 0.2) is 18.2 Å². The number of carbonyl (C=O) groups is 1. The molecular weight excluding hydrogens is 352 g/mol. The molecule has 0 aromatic heterocycles.